The van der Waals surface area contributed by atoms with Gasteiger partial charge in [-0.3, -0.25) is 19.4 Å². The van der Waals surface area contributed by atoms with Crippen LogP contribution in [0.25, 0.3) is 0 Å². The fourth-order valence-corrected chi connectivity index (χ4v) is 0.921. The highest BCUT2D eigenvalue weighted by Gasteiger charge is 1.96. The second-order valence-corrected chi connectivity index (χ2v) is 3.18. The molecular weight excluding hydrogens is 250 g/mol. The predicted octanol–water partition coefficient (Wildman–Crippen LogP) is -0.0788. The van der Waals surface area contributed by atoms with E-state index < -0.39 is 17.6 Å². The highest BCUT2D eigenvalue weighted by molar-refractivity contribution is 6.33. The van der Waals surface area contributed by atoms with E-state index in [2.05, 4.69) is 15.0 Å². The summed E-state index contributed by atoms with van der Waals surface area (Å²) in [4.78, 5) is 44.1. The molecule has 19 heavy (non-hydrogen) atoms. The van der Waals surface area contributed by atoms with Gasteiger partial charge in [0.1, 0.15) is 6.61 Å². The summed E-state index contributed by atoms with van der Waals surface area (Å²) >= 11 is 0. The van der Waals surface area contributed by atoms with Gasteiger partial charge in [-0.15, -0.1) is 0 Å². The molecule has 0 aromatic heterocycles. The van der Waals surface area contributed by atoms with Crippen LogP contribution in [0.5, 0.6) is 0 Å². The molecule has 0 radical (unpaired) electrons. The standard InChI is InChI=1S/C12H11N3O4/c16-10-1-2-11(17)15-9-12(18)14-5-4-13-6-8-19-7-3-10/h1-5,7,9H,6,8H2. The molecule has 0 aromatic rings. The number of carbonyl (C=O) groups excluding carboxylic acids is 3. The molecule has 0 spiro atoms. The summed E-state index contributed by atoms with van der Waals surface area (Å²) < 4.78 is 4.98. The van der Waals surface area contributed by atoms with Crippen molar-refractivity contribution < 1.29 is 19.1 Å². The molecule has 0 aliphatic carbocycles. The molecule has 0 atom stereocenters. The third kappa shape index (κ3) is 7.27. The zero-order chi connectivity index (χ0) is 13.9. The highest BCUT2D eigenvalue weighted by atomic mass is 16.5. The average Bonchev–Trinajstić information content (AvgIpc) is 2.40. The van der Waals surface area contributed by atoms with Gasteiger partial charge in [-0.1, -0.05) is 0 Å². The van der Waals surface area contributed by atoms with E-state index in [0.29, 0.717) is 6.54 Å². The van der Waals surface area contributed by atoms with E-state index in [-0.39, 0.29) is 6.61 Å². The minimum Gasteiger partial charge on any atom is -0.499 e. The van der Waals surface area contributed by atoms with Crippen LogP contribution in [0.3, 0.4) is 0 Å². The Morgan fingerprint density at radius 1 is 0.947 bits per heavy atom. The largest absolute Gasteiger partial charge is 0.499 e. The van der Waals surface area contributed by atoms with E-state index in [9.17, 15) is 14.4 Å². The molecular formula is C12H11N3O4. The van der Waals surface area contributed by atoms with Gasteiger partial charge >= 0.3 is 0 Å². The molecule has 1 aliphatic rings. The monoisotopic (exact) mass is 261 g/mol. The van der Waals surface area contributed by atoms with Crippen molar-refractivity contribution in [1.82, 2.24) is 0 Å². The molecule has 0 fully saturated rings. The Balaban J connectivity index is 2.77. The van der Waals surface area contributed by atoms with Crippen molar-refractivity contribution >= 4 is 36.2 Å². The first-order chi connectivity index (χ1) is 9.18. The topological polar surface area (TPSA) is 97.5 Å². The zero-order valence-electron chi connectivity index (χ0n) is 9.93. The van der Waals surface area contributed by atoms with E-state index in [1.54, 1.807) is 0 Å². The van der Waals surface area contributed by atoms with Crippen LogP contribution in [0, 0.1) is 0 Å². The van der Waals surface area contributed by atoms with Crippen molar-refractivity contribution in [2.24, 2.45) is 15.0 Å². The lowest BCUT2D eigenvalue weighted by atomic mass is 10.3. The Morgan fingerprint density at radius 3 is 2.63 bits per heavy atom. The minimum absolute atomic E-state index is 0.284. The smallest absolute Gasteiger partial charge is 0.288 e. The van der Waals surface area contributed by atoms with E-state index in [1.165, 1.54) is 18.7 Å². The van der Waals surface area contributed by atoms with E-state index in [0.717, 1.165) is 24.4 Å². The van der Waals surface area contributed by atoms with E-state index >= 15 is 0 Å². The lowest BCUT2D eigenvalue weighted by Crippen LogP contribution is -2.00. The van der Waals surface area contributed by atoms with Gasteiger partial charge in [0, 0.05) is 24.6 Å². The van der Waals surface area contributed by atoms with Crippen LogP contribution in [-0.2, 0) is 19.1 Å². The number of ketones is 1. The van der Waals surface area contributed by atoms with Crippen molar-refractivity contribution in [3.05, 3.63) is 24.5 Å². The number of amides is 2. The number of hydrogen-bond donors (Lipinski definition) is 0. The van der Waals surface area contributed by atoms with Gasteiger partial charge < -0.3 is 4.74 Å². The quantitative estimate of drug-likeness (QED) is 0.609. The normalized spacial score (nSPS) is 17.8. The first-order valence-corrected chi connectivity index (χ1v) is 5.33. The number of nitrogens with zero attached hydrogens (tertiary/aromatic N) is 3. The molecule has 0 saturated carbocycles. The molecule has 0 unspecified atom stereocenters. The van der Waals surface area contributed by atoms with Gasteiger partial charge in [-0.05, 0) is 6.08 Å². The molecule has 0 N–H and O–H groups in total. The Hall–Kier alpha value is -2.70. The SMILES string of the molecule is O=C1C=COCCN=CC=NC(=O)C=NC(=O)C=C1. The van der Waals surface area contributed by atoms with Gasteiger partial charge in [0.05, 0.1) is 19.0 Å². The van der Waals surface area contributed by atoms with Gasteiger partial charge in [-0.2, -0.15) is 0 Å². The van der Waals surface area contributed by atoms with Crippen LogP contribution in [0.2, 0.25) is 0 Å². The Kier molecular flexibility index (Phi) is 6.35. The maximum Gasteiger partial charge on any atom is 0.288 e. The summed E-state index contributed by atoms with van der Waals surface area (Å²) in [5.41, 5.74) is 0. The second kappa shape index (κ2) is 8.40. The van der Waals surface area contributed by atoms with Gasteiger partial charge in [0.15, 0.2) is 5.78 Å². The Bertz CT molecular complexity index is 501. The summed E-state index contributed by atoms with van der Waals surface area (Å²) in [6, 6.07) is 0. The number of ether oxygens (including phenoxy) is 1. The van der Waals surface area contributed by atoms with E-state index in [1.807, 2.05) is 0 Å². The number of rotatable bonds is 0. The summed E-state index contributed by atoms with van der Waals surface area (Å²) in [5, 5.41) is 0. The number of hydrogen-bond acceptors (Lipinski definition) is 5. The van der Waals surface area contributed by atoms with Crippen molar-refractivity contribution in [3.8, 4) is 0 Å². The van der Waals surface area contributed by atoms with E-state index in [4.69, 9.17) is 4.74 Å². The second-order valence-electron chi connectivity index (χ2n) is 3.18. The first kappa shape index (κ1) is 14.4. The van der Waals surface area contributed by atoms with Crippen LogP contribution >= 0.6 is 0 Å². The molecule has 2 amide bonds. The lowest BCUT2D eigenvalue weighted by Gasteiger charge is -1.94. The van der Waals surface area contributed by atoms with Gasteiger partial charge in [0.2, 0.25) is 0 Å². The van der Waals surface area contributed by atoms with Crippen molar-refractivity contribution in [2.75, 3.05) is 13.2 Å². The van der Waals surface area contributed by atoms with Crippen molar-refractivity contribution in [1.29, 1.82) is 0 Å². The number of aliphatic imine (C=N–C) groups is 3. The van der Waals surface area contributed by atoms with Crippen LogP contribution in [0.1, 0.15) is 0 Å². The summed E-state index contributed by atoms with van der Waals surface area (Å²) in [5.74, 6) is -1.85. The van der Waals surface area contributed by atoms with Crippen LogP contribution < -0.4 is 0 Å². The highest BCUT2D eigenvalue weighted by Crippen LogP contribution is 1.86. The number of allylic oxidation sites excluding steroid dienone is 2. The van der Waals surface area contributed by atoms with Gasteiger partial charge in [-0.25, -0.2) is 9.98 Å². The molecule has 0 bridgehead atoms. The fraction of sp³-hybridized carbons (Fsp3) is 0.167. The maximum atomic E-state index is 11.2. The molecule has 0 aromatic carbocycles. The molecule has 1 heterocycles. The molecule has 7 nitrogen and oxygen atoms in total. The molecule has 7 heteroatoms. The van der Waals surface area contributed by atoms with Crippen LogP contribution in [0.15, 0.2) is 39.5 Å². The first-order valence-electron chi connectivity index (χ1n) is 5.33. The lowest BCUT2D eigenvalue weighted by molar-refractivity contribution is -0.115. The Morgan fingerprint density at radius 2 is 1.79 bits per heavy atom. The molecule has 98 valence electrons. The Labute approximate surface area is 109 Å². The van der Waals surface area contributed by atoms with Crippen molar-refractivity contribution in [3.63, 3.8) is 0 Å². The van der Waals surface area contributed by atoms with Gasteiger partial charge in [0.25, 0.3) is 11.8 Å². The summed E-state index contributed by atoms with van der Waals surface area (Å²) in [6.45, 7) is 0.646. The summed E-state index contributed by atoms with van der Waals surface area (Å²) in [6.07, 6.45) is 7.66. The fourth-order valence-electron chi connectivity index (χ4n) is 0.921. The maximum absolute atomic E-state index is 11.2. The van der Waals surface area contributed by atoms with Crippen LogP contribution in [0.4, 0.5) is 0 Å². The zero-order valence-corrected chi connectivity index (χ0v) is 9.93. The molecule has 0 saturated heterocycles. The van der Waals surface area contributed by atoms with Crippen LogP contribution in [-0.4, -0.2) is 49.4 Å². The third-order valence-corrected chi connectivity index (χ3v) is 1.73. The summed E-state index contributed by atoms with van der Waals surface area (Å²) in [7, 11) is 0. The number of carbonyl (C=O) groups is 3. The molecule has 1 aliphatic heterocycles. The minimum atomic E-state index is -0.730. The third-order valence-electron chi connectivity index (χ3n) is 1.73. The average molecular weight is 261 g/mol. The molecule has 1 rings (SSSR count). The predicted molar refractivity (Wildman–Crippen MR) is 69.6 cm³/mol. The van der Waals surface area contributed by atoms with Crippen molar-refractivity contribution in [2.45, 2.75) is 0 Å².